The standard InChI is InChI=1S/C20H18N2O3S/c1-12(2)10-15(23)17-18(16-4-3-9-26-16)22(20(25)19(17)24)14-7-5-13(11-21)6-8-14/h3-9,12,18,24H,10H2,1-2H3. The molecule has 6 heteroatoms. The second-order valence-electron chi connectivity index (χ2n) is 6.54. The molecule has 2 heterocycles. The first kappa shape index (κ1) is 17.9. The highest BCUT2D eigenvalue weighted by molar-refractivity contribution is 7.10. The van der Waals surface area contributed by atoms with Crippen LogP contribution in [0.5, 0.6) is 0 Å². The van der Waals surface area contributed by atoms with Gasteiger partial charge in [0.1, 0.15) is 6.04 Å². The molecule has 1 atom stereocenters. The number of hydrogen-bond acceptors (Lipinski definition) is 5. The highest BCUT2D eigenvalue weighted by Gasteiger charge is 2.44. The van der Waals surface area contributed by atoms with Crippen LogP contribution in [0, 0.1) is 17.2 Å². The fourth-order valence-corrected chi connectivity index (χ4v) is 3.87. The lowest BCUT2D eigenvalue weighted by molar-refractivity contribution is -0.118. The molecule has 5 nitrogen and oxygen atoms in total. The fourth-order valence-electron chi connectivity index (χ4n) is 3.05. The maximum atomic E-state index is 12.8. The minimum Gasteiger partial charge on any atom is -0.503 e. The summed E-state index contributed by atoms with van der Waals surface area (Å²) in [5.41, 5.74) is 1.16. The number of hydrogen-bond donors (Lipinski definition) is 1. The summed E-state index contributed by atoms with van der Waals surface area (Å²) < 4.78 is 0. The van der Waals surface area contributed by atoms with Crippen LogP contribution in [-0.4, -0.2) is 16.8 Å². The number of nitriles is 1. The molecule has 26 heavy (non-hydrogen) atoms. The highest BCUT2D eigenvalue weighted by atomic mass is 32.1. The Morgan fingerprint density at radius 2 is 2.00 bits per heavy atom. The molecule has 0 radical (unpaired) electrons. The van der Waals surface area contributed by atoms with Gasteiger partial charge in [0.15, 0.2) is 11.5 Å². The summed E-state index contributed by atoms with van der Waals surface area (Å²) in [5, 5.41) is 21.3. The lowest BCUT2D eigenvalue weighted by atomic mass is 9.95. The summed E-state index contributed by atoms with van der Waals surface area (Å²) in [7, 11) is 0. The largest absolute Gasteiger partial charge is 0.503 e. The summed E-state index contributed by atoms with van der Waals surface area (Å²) in [6, 6.07) is 11.6. The third-order valence-electron chi connectivity index (χ3n) is 4.19. The van der Waals surface area contributed by atoms with Crippen LogP contribution in [0.3, 0.4) is 0 Å². The van der Waals surface area contributed by atoms with E-state index in [9.17, 15) is 14.7 Å². The molecule has 1 aromatic carbocycles. The second-order valence-corrected chi connectivity index (χ2v) is 7.51. The molecule has 0 saturated carbocycles. The van der Waals surface area contributed by atoms with Gasteiger partial charge >= 0.3 is 0 Å². The second kappa shape index (κ2) is 7.14. The Balaban J connectivity index is 2.09. The molecule has 1 aromatic heterocycles. The third kappa shape index (κ3) is 3.14. The van der Waals surface area contributed by atoms with Gasteiger partial charge in [-0.3, -0.25) is 14.5 Å². The van der Waals surface area contributed by atoms with E-state index in [0.29, 0.717) is 11.3 Å². The predicted octanol–water partition coefficient (Wildman–Crippen LogP) is 4.13. The van der Waals surface area contributed by atoms with Gasteiger partial charge in [-0.25, -0.2) is 0 Å². The van der Waals surface area contributed by atoms with Crippen LogP contribution >= 0.6 is 11.3 Å². The van der Waals surface area contributed by atoms with Crippen molar-refractivity contribution in [2.45, 2.75) is 26.3 Å². The summed E-state index contributed by atoms with van der Waals surface area (Å²) in [6.07, 6.45) is 0.260. The molecule has 0 aliphatic carbocycles. The summed E-state index contributed by atoms with van der Waals surface area (Å²) in [4.78, 5) is 27.8. The Bertz CT molecular complexity index is 906. The van der Waals surface area contributed by atoms with Crippen molar-refractivity contribution in [3.63, 3.8) is 0 Å². The van der Waals surface area contributed by atoms with Crippen molar-refractivity contribution in [2.75, 3.05) is 4.90 Å². The van der Waals surface area contributed by atoms with Gasteiger partial charge < -0.3 is 5.11 Å². The van der Waals surface area contributed by atoms with Crippen LogP contribution in [0.2, 0.25) is 0 Å². The van der Waals surface area contributed by atoms with Crippen molar-refractivity contribution in [1.29, 1.82) is 5.26 Å². The van der Waals surface area contributed by atoms with Gasteiger partial charge in [0.25, 0.3) is 5.91 Å². The van der Waals surface area contributed by atoms with Crippen LogP contribution in [0.4, 0.5) is 5.69 Å². The zero-order chi connectivity index (χ0) is 18.8. The van der Waals surface area contributed by atoms with Gasteiger partial charge in [0.05, 0.1) is 17.2 Å². The van der Waals surface area contributed by atoms with Crippen molar-refractivity contribution >= 4 is 28.7 Å². The van der Waals surface area contributed by atoms with Crippen molar-refractivity contribution in [3.05, 3.63) is 63.6 Å². The average molecular weight is 366 g/mol. The zero-order valence-corrected chi connectivity index (χ0v) is 15.3. The predicted molar refractivity (Wildman–Crippen MR) is 99.8 cm³/mol. The Morgan fingerprint density at radius 1 is 1.31 bits per heavy atom. The minimum absolute atomic E-state index is 0.117. The quantitative estimate of drug-likeness (QED) is 0.862. The normalized spacial score (nSPS) is 17.1. The molecule has 1 aliphatic rings. The number of aliphatic hydroxyl groups excluding tert-OH is 1. The summed E-state index contributed by atoms with van der Waals surface area (Å²) >= 11 is 1.43. The maximum absolute atomic E-state index is 12.8. The smallest absolute Gasteiger partial charge is 0.294 e. The molecule has 1 N–H and O–H groups in total. The fraction of sp³-hybridized carbons (Fsp3) is 0.250. The first-order valence-electron chi connectivity index (χ1n) is 8.27. The molecule has 0 fully saturated rings. The van der Waals surface area contributed by atoms with E-state index in [1.165, 1.54) is 16.2 Å². The number of thiophene rings is 1. The molecule has 0 bridgehead atoms. The van der Waals surface area contributed by atoms with E-state index in [-0.39, 0.29) is 23.7 Å². The van der Waals surface area contributed by atoms with Crippen LogP contribution in [0.25, 0.3) is 0 Å². The van der Waals surface area contributed by atoms with Gasteiger partial charge in [0, 0.05) is 17.0 Å². The minimum atomic E-state index is -0.651. The Labute approximate surface area is 155 Å². The number of aliphatic hydroxyl groups is 1. The zero-order valence-electron chi connectivity index (χ0n) is 14.5. The molecule has 1 unspecified atom stereocenters. The highest BCUT2D eigenvalue weighted by Crippen LogP contribution is 2.43. The molecule has 0 spiro atoms. The van der Waals surface area contributed by atoms with E-state index in [4.69, 9.17) is 5.26 Å². The Morgan fingerprint density at radius 3 is 2.54 bits per heavy atom. The Kier molecular flexibility index (Phi) is 4.92. The molecular formula is C20H18N2O3S. The third-order valence-corrected chi connectivity index (χ3v) is 5.11. The Hall–Kier alpha value is -2.91. The van der Waals surface area contributed by atoms with Gasteiger partial charge in [-0.05, 0) is 41.6 Å². The molecule has 1 aliphatic heterocycles. The van der Waals surface area contributed by atoms with E-state index in [2.05, 4.69) is 0 Å². The number of Topliss-reactive ketones (excluding diaryl/α,β-unsaturated/α-hetero) is 1. The molecular weight excluding hydrogens is 348 g/mol. The van der Waals surface area contributed by atoms with E-state index in [1.807, 2.05) is 37.4 Å². The van der Waals surface area contributed by atoms with E-state index in [1.54, 1.807) is 24.3 Å². The first-order valence-corrected chi connectivity index (χ1v) is 9.15. The van der Waals surface area contributed by atoms with Crippen molar-refractivity contribution in [1.82, 2.24) is 0 Å². The van der Waals surface area contributed by atoms with Crippen LogP contribution in [0.1, 0.15) is 36.8 Å². The monoisotopic (exact) mass is 366 g/mol. The number of benzene rings is 1. The lowest BCUT2D eigenvalue weighted by Gasteiger charge is -2.26. The van der Waals surface area contributed by atoms with Gasteiger partial charge in [-0.15, -0.1) is 11.3 Å². The van der Waals surface area contributed by atoms with Crippen LogP contribution in [-0.2, 0) is 9.59 Å². The van der Waals surface area contributed by atoms with Crippen molar-refractivity contribution < 1.29 is 14.7 Å². The van der Waals surface area contributed by atoms with Crippen molar-refractivity contribution in [3.8, 4) is 6.07 Å². The first-order chi connectivity index (χ1) is 12.4. The van der Waals surface area contributed by atoms with Gasteiger partial charge in [0.2, 0.25) is 0 Å². The molecule has 2 aromatic rings. The number of amides is 1. The lowest BCUT2D eigenvalue weighted by Crippen LogP contribution is -2.30. The number of carbonyl (C=O) groups excluding carboxylic acids is 2. The number of carbonyl (C=O) groups is 2. The SMILES string of the molecule is CC(C)CC(=O)C1=C(O)C(=O)N(c2ccc(C#N)cc2)C1c1cccs1. The summed E-state index contributed by atoms with van der Waals surface area (Å²) in [6.45, 7) is 3.84. The van der Waals surface area contributed by atoms with Crippen LogP contribution in [0.15, 0.2) is 53.1 Å². The average Bonchev–Trinajstić information content (AvgIpc) is 3.22. The number of anilines is 1. The van der Waals surface area contributed by atoms with Gasteiger partial charge in [-0.2, -0.15) is 5.26 Å². The van der Waals surface area contributed by atoms with Gasteiger partial charge in [-0.1, -0.05) is 19.9 Å². The molecule has 3 rings (SSSR count). The van der Waals surface area contributed by atoms with E-state index in [0.717, 1.165) is 4.88 Å². The molecule has 132 valence electrons. The molecule has 0 saturated heterocycles. The number of ketones is 1. The number of nitrogens with zero attached hydrogens (tertiary/aromatic N) is 2. The van der Waals surface area contributed by atoms with Crippen LogP contribution < -0.4 is 4.90 Å². The topological polar surface area (TPSA) is 81.4 Å². The van der Waals surface area contributed by atoms with E-state index >= 15 is 0 Å². The molecule has 1 amide bonds. The van der Waals surface area contributed by atoms with Crippen molar-refractivity contribution in [2.24, 2.45) is 5.92 Å². The van der Waals surface area contributed by atoms with E-state index < -0.39 is 17.7 Å². The number of rotatable bonds is 5. The maximum Gasteiger partial charge on any atom is 0.294 e. The summed E-state index contributed by atoms with van der Waals surface area (Å²) in [5.74, 6) is -1.19.